The van der Waals surface area contributed by atoms with E-state index in [0.29, 0.717) is 17.4 Å². The number of para-hydroxylation sites is 1. The molecule has 2 fully saturated rings. The lowest BCUT2D eigenvalue weighted by Gasteiger charge is -2.38. The van der Waals surface area contributed by atoms with Crippen LogP contribution in [0.5, 0.6) is 0 Å². The van der Waals surface area contributed by atoms with Crippen molar-refractivity contribution in [2.24, 2.45) is 0 Å². The highest BCUT2D eigenvalue weighted by Crippen LogP contribution is 2.55. The quantitative estimate of drug-likeness (QED) is 0.503. The van der Waals surface area contributed by atoms with Crippen molar-refractivity contribution in [2.75, 3.05) is 53.3 Å². The number of amides is 2. The fourth-order valence-corrected chi connectivity index (χ4v) is 6.85. The standard InChI is InChI=1S/C27H24ClFN4O2S/c28-19-4-3-5-22(16-19)33-25(34)17-36-27(33)23-6-1-2-7-24(23)32(26(27)35)18-30-12-14-31(15-13-30)21-10-8-20(29)9-11-21/h1-11,16H,12-15,17-18H2/t27-/m1/s1. The van der Waals surface area contributed by atoms with Gasteiger partial charge in [-0.2, -0.15) is 0 Å². The van der Waals surface area contributed by atoms with Crippen molar-refractivity contribution in [1.82, 2.24) is 4.90 Å². The van der Waals surface area contributed by atoms with Crippen molar-refractivity contribution < 1.29 is 14.0 Å². The number of carbonyl (C=O) groups is 2. The molecule has 0 saturated carbocycles. The van der Waals surface area contributed by atoms with Crippen LogP contribution in [0, 0.1) is 5.82 Å². The highest BCUT2D eigenvalue weighted by Gasteiger charge is 2.61. The molecule has 0 N–H and O–H groups in total. The molecule has 3 aromatic carbocycles. The summed E-state index contributed by atoms with van der Waals surface area (Å²) in [5, 5.41) is 0.516. The zero-order valence-corrected chi connectivity index (χ0v) is 21.0. The fourth-order valence-electron chi connectivity index (χ4n) is 5.31. The van der Waals surface area contributed by atoms with Crippen LogP contribution in [0.3, 0.4) is 0 Å². The number of benzene rings is 3. The Morgan fingerprint density at radius 3 is 2.39 bits per heavy atom. The van der Waals surface area contributed by atoms with Crippen LogP contribution in [-0.4, -0.2) is 55.3 Å². The first-order chi connectivity index (χ1) is 17.5. The van der Waals surface area contributed by atoms with Crippen LogP contribution in [0.1, 0.15) is 5.56 Å². The molecular weight excluding hydrogens is 499 g/mol. The van der Waals surface area contributed by atoms with Crippen LogP contribution in [-0.2, 0) is 14.5 Å². The van der Waals surface area contributed by atoms with E-state index in [2.05, 4.69) is 9.80 Å². The number of carbonyl (C=O) groups excluding carboxylic acids is 2. The van der Waals surface area contributed by atoms with E-state index in [1.807, 2.05) is 35.2 Å². The van der Waals surface area contributed by atoms with E-state index in [1.54, 1.807) is 35.2 Å². The largest absolute Gasteiger partial charge is 0.369 e. The number of piperazine rings is 1. The summed E-state index contributed by atoms with van der Waals surface area (Å²) in [7, 11) is 0. The number of hydrogen-bond donors (Lipinski definition) is 0. The minimum Gasteiger partial charge on any atom is -0.369 e. The van der Waals surface area contributed by atoms with Gasteiger partial charge in [-0.25, -0.2) is 4.39 Å². The SMILES string of the molecule is O=C1CS[C@]2(C(=O)N(CN3CCN(c4ccc(F)cc4)CC3)c3ccccc32)N1c1cccc(Cl)c1. The zero-order chi connectivity index (χ0) is 24.9. The van der Waals surface area contributed by atoms with Gasteiger partial charge in [0.05, 0.1) is 18.1 Å². The van der Waals surface area contributed by atoms with Gasteiger partial charge in [0.15, 0.2) is 0 Å². The second kappa shape index (κ2) is 9.10. The summed E-state index contributed by atoms with van der Waals surface area (Å²) >= 11 is 7.62. The normalized spacial score (nSPS) is 22.1. The molecule has 36 heavy (non-hydrogen) atoms. The number of nitrogens with zero attached hydrogens (tertiary/aromatic N) is 4. The molecule has 1 atom stereocenters. The molecule has 0 unspecified atom stereocenters. The third kappa shape index (κ3) is 3.75. The maximum absolute atomic E-state index is 14.2. The van der Waals surface area contributed by atoms with E-state index in [4.69, 9.17) is 11.6 Å². The van der Waals surface area contributed by atoms with E-state index in [1.165, 1.54) is 23.9 Å². The molecular formula is C27H24ClFN4O2S. The second-order valence-corrected chi connectivity index (χ2v) is 10.7. The van der Waals surface area contributed by atoms with Crippen LogP contribution >= 0.6 is 23.4 Å². The Morgan fingerprint density at radius 1 is 0.889 bits per heavy atom. The van der Waals surface area contributed by atoms with Gasteiger partial charge in [-0.05, 0) is 48.5 Å². The monoisotopic (exact) mass is 522 g/mol. The average molecular weight is 523 g/mol. The topological polar surface area (TPSA) is 47.1 Å². The summed E-state index contributed by atoms with van der Waals surface area (Å²) in [4.78, 5) is 34.1. The first-order valence-corrected chi connectivity index (χ1v) is 13.2. The summed E-state index contributed by atoms with van der Waals surface area (Å²) in [6.45, 7) is 3.53. The van der Waals surface area contributed by atoms with Gasteiger partial charge < -0.3 is 4.90 Å². The number of thioether (sulfide) groups is 1. The summed E-state index contributed by atoms with van der Waals surface area (Å²) < 4.78 is 13.3. The third-order valence-electron chi connectivity index (χ3n) is 7.04. The first kappa shape index (κ1) is 23.3. The molecule has 6 rings (SSSR count). The van der Waals surface area contributed by atoms with Gasteiger partial charge in [-0.1, -0.05) is 35.9 Å². The van der Waals surface area contributed by atoms with Crippen LogP contribution in [0.4, 0.5) is 21.5 Å². The Bertz CT molecular complexity index is 1330. The van der Waals surface area contributed by atoms with Crippen molar-refractivity contribution in [3.8, 4) is 0 Å². The van der Waals surface area contributed by atoms with Crippen LogP contribution in [0.25, 0.3) is 0 Å². The molecule has 6 nitrogen and oxygen atoms in total. The van der Waals surface area contributed by atoms with Crippen LogP contribution in [0.2, 0.25) is 5.02 Å². The second-order valence-electron chi connectivity index (χ2n) is 9.11. The molecule has 0 aromatic heterocycles. The Morgan fingerprint density at radius 2 is 1.64 bits per heavy atom. The minimum absolute atomic E-state index is 0.111. The lowest BCUT2D eigenvalue weighted by Crippen LogP contribution is -2.54. The maximum atomic E-state index is 14.2. The molecule has 0 bridgehead atoms. The molecule has 9 heteroatoms. The van der Waals surface area contributed by atoms with E-state index < -0.39 is 4.87 Å². The van der Waals surface area contributed by atoms with Crippen LogP contribution in [0.15, 0.2) is 72.8 Å². The predicted octanol–water partition coefficient (Wildman–Crippen LogP) is 4.54. The smallest absolute Gasteiger partial charge is 0.269 e. The summed E-state index contributed by atoms with van der Waals surface area (Å²) in [6, 6.07) is 21.4. The minimum atomic E-state index is -1.14. The van der Waals surface area contributed by atoms with Crippen molar-refractivity contribution in [2.45, 2.75) is 4.87 Å². The summed E-state index contributed by atoms with van der Waals surface area (Å²) in [5.74, 6) is -0.246. The fraction of sp³-hybridized carbons (Fsp3) is 0.259. The Balaban J connectivity index is 1.27. The number of halogens is 2. The number of fused-ring (bicyclic) bond motifs is 2. The highest BCUT2D eigenvalue weighted by molar-refractivity contribution is 8.02. The zero-order valence-electron chi connectivity index (χ0n) is 19.4. The van der Waals surface area contributed by atoms with E-state index >= 15 is 0 Å². The maximum Gasteiger partial charge on any atom is 0.269 e. The Labute approximate surface area is 218 Å². The van der Waals surface area contributed by atoms with Crippen molar-refractivity contribution in [3.05, 3.63) is 89.2 Å². The lowest BCUT2D eigenvalue weighted by atomic mass is 10.0. The van der Waals surface area contributed by atoms with Crippen molar-refractivity contribution >= 4 is 52.2 Å². The Kier molecular flexibility index (Phi) is 5.90. The van der Waals surface area contributed by atoms with Gasteiger partial charge in [0.2, 0.25) is 10.8 Å². The van der Waals surface area contributed by atoms with Gasteiger partial charge >= 0.3 is 0 Å². The molecule has 0 radical (unpaired) electrons. The van der Waals surface area contributed by atoms with Gasteiger partial charge in [0.1, 0.15) is 5.82 Å². The number of rotatable bonds is 4. The van der Waals surface area contributed by atoms with Gasteiger partial charge in [-0.3, -0.25) is 24.3 Å². The summed E-state index contributed by atoms with van der Waals surface area (Å²) in [5.41, 5.74) is 3.28. The molecule has 184 valence electrons. The van der Waals surface area contributed by atoms with Gasteiger partial charge in [0, 0.05) is 48.1 Å². The molecule has 3 aromatic rings. The molecule has 2 saturated heterocycles. The third-order valence-corrected chi connectivity index (χ3v) is 8.66. The number of anilines is 3. The molecule has 0 aliphatic carbocycles. The van der Waals surface area contributed by atoms with E-state index in [0.717, 1.165) is 43.1 Å². The molecule has 1 spiro atoms. The molecule has 3 heterocycles. The van der Waals surface area contributed by atoms with E-state index in [9.17, 15) is 14.0 Å². The predicted molar refractivity (Wildman–Crippen MR) is 142 cm³/mol. The van der Waals surface area contributed by atoms with Crippen LogP contribution < -0.4 is 14.7 Å². The van der Waals surface area contributed by atoms with Gasteiger partial charge in [0.25, 0.3) is 5.91 Å². The van der Waals surface area contributed by atoms with E-state index in [-0.39, 0.29) is 23.4 Å². The van der Waals surface area contributed by atoms with Gasteiger partial charge in [-0.15, -0.1) is 11.8 Å². The molecule has 3 aliphatic rings. The lowest BCUT2D eigenvalue weighted by molar-refractivity contribution is -0.124. The average Bonchev–Trinajstić information content (AvgIpc) is 3.36. The van der Waals surface area contributed by atoms with Crippen molar-refractivity contribution in [1.29, 1.82) is 0 Å². The Hall–Kier alpha value is -3.07. The molecule has 3 aliphatic heterocycles. The first-order valence-electron chi connectivity index (χ1n) is 11.8. The highest BCUT2D eigenvalue weighted by atomic mass is 35.5. The van der Waals surface area contributed by atoms with Crippen molar-refractivity contribution in [3.63, 3.8) is 0 Å². The molecule has 2 amide bonds. The summed E-state index contributed by atoms with van der Waals surface area (Å²) in [6.07, 6.45) is 0. The number of hydrogen-bond acceptors (Lipinski definition) is 5.